The molecule has 0 aromatic heterocycles. The SMILES string of the molecule is CCOC(=O)[C@H](CC(=O)N1CCOC1=O)SCc1ccccc1. The van der Waals surface area contributed by atoms with Crippen molar-refractivity contribution in [2.45, 2.75) is 24.3 Å². The second-order valence-electron chi connectivity index (χ2n) is 4.90. The first-order valence-electron chi connectivity index (χ1n) is 7.41. The lowest BCUT2D eigenvalue weighted by Gasteiger charge is -2.17. The molecule has 1 saturated heterocycles. The molecule has 1 heterocycles. The zero-order valence-corrected chi connectivity index (χ0v) is 13.7. The van der Waals surface area contributed by atoms with E-state index in [2.05, 4.69) is 0 Å². The molecule has 2 amide bonds. The molecule has 0 saturated carbocycles. The molecule has 1 aliphatic rings. The zero-order valence-electron chi connectivity index (χ0n) is 12.9. The Morgan fingerprint density at radius 2 is 2.09 bits per heavy atom. The average Bonchev–Trinajstić information content (AvgIpc) is 2.98. The van der Waals surface area contributed by atoms with Gasteiger partial charge in [-0.2, -0.15) is 0 Å². The van der Waals surface area contributed by atoms with E-state index in [1.54, 1.807) is 6.92 Å². The Labute approximate surface area is 139 Å². The normalized spacial score (nSPS) is 15.2. The number of ether oxygens (including phenoxy) is 2. The van der Waals surface area contributed by atoms with Gasteiger partial charge in [-0.1, -0.05) is 30.3 Å². The van der Waals surface area contributed by atoms with Gasteiger partial charge in [0.2, 0.25) is 5.91 Å². The standard InChI is InChI=1S/C16H19NO5S/c1-2-21-15(19)13(23-11-12-6-4-3-5-7-12)10-14(18)17-8-9-22-16(17)20/h3-7,13H,2,8-11H2,1H3/t13-/m0/s1. The summed E-state index contributed by atoms with van der Waals surface area (Å²) in [7, 11) is 0. The Hall–Kier alpha value is -2.02. The third-order valence-corrected chi connectivity index (χ3v) is 4.53. The Kier molecular flexibility index (Phi) is 6.46. The van der Waals surface area contributed by atoms with Crippen LogP contribution in [0.15, 0.2) is 30.3 Å². The largest absolute Gasteiger partial charge is 0.465 e. The minimum absolute atomic E-state index is 0.0779. The van der Waals surface area contributed by atoms with Crippen LogP contribution < -0.4 is 0 Å². The third kappa shape index (κ3) is 4.99. The highest BCUT2D eigenvalue weighted by Crippen LogP contribution is 2.23. The van der Waals surface area contributed by atoms with Gasteiger partial charge in [0, 0.05) is 12.2 Å². The maximum atomic E-state index is 12.2. The second-order valence-corrected chi connectivity index (χ2v) is 6.09. The van der Waals surface area contributed by atoms with Gasteiger partial charge in [0.25, 0.3) is 0 Å². The van der Waals surface area contributed by atoms with E-state index in [9.17, 15) is 14.4 Å². The number of hydrogen-bond donors (Lipinski definition) is 0. The summed E-state index contributed by atoms with van der Waals surface area (Å²) in [5.74, 6) is -0.261. The fraction of sp³-hybridized carbons (Fsp3) is 0.438. The number of nitrogens with zero attached hydrogens (tertiary/aromatic N) is 1. The Morgan fingerprint density at radius 1 is 1.35 bits per heavy atom. The van der Waals surface area contributed by atoms with Crippen molar-refractivity contribution >= 4 is 29.7 Å². The summed E-state index contributed by atoms with van der Waals surface area (Å²) >= 11 is 1.34. The molecule has 0 radical (unpaired) electrons. The lowest BCUT2D eigenvalue weighted by atomic mass is 10.2. The van der Waals surface area contributed by atoms with E-state index in [1.807, 2.05) is 30.3 Å². The molecule has 0 spiro atoms. The van der Waals surface area contributed by atoms with Crippen LogP contribution in [0.4, 0.5) is 4.79 Å². The highest BCUT2D eigenvalue weighted by atomic mass is 32.2. The first-order chi connectivity index (χ1) is 11.1. The predicted octanol–water partition coefficient (Wildman–Crippen LogP) is 2.22. The van der Waals surface area contributed by atoms with Crippen molar-refractivity contribution in [3.63, 3.8) is 0 Å². The first-order valence-corrected chi connectivity index (χ1v) is 8.46. The Morgan fingerprint density at radius 3 is 2.70 bits per heavy atom. The summed E-state index contributed by atoms with van der Waals surface area (Å²) < 4.78 is 9.78. The highest BCUT2D eigenvalue weighted by Gasteiger charge is 2.32. The molecule has 1 aliphatic heterocycles. The van der Waals surface area contributed by atoms with Crippen LogP contribution in [-0.4, -0.2) is 47.9 Å². The molecule has 7 heteroatoms. The average molecular weight is 337 g/mol. The van der Waals surface area contributed by atoms with Crippen molar-refractivity contribution in [2.75, 3.05) is 19.8 Å². The van der Waals surface area contributed by atoms with Crippen molar-refractivity contribution in [1.82, 2.24) is 4.90 Å². The predicted molar refractivity (Wildman–Crippen MR) is 85.8 cm³/mol. The summed E-state index contributed by atoms with van der Waals surface area (Å²) in [5.41, 5.74) is 1.06. The molecular weight excluding hydrogens is 318 g/mol. The minimum Gasteiger partial charge on any atom is -0.465 e. The summed E-state index contributed by atoms with van der Waals surface area (Å²) in [6.07, 6.45) is -0.725. The number of esters is 1. The number of cyclic esters (lactones) is 1. The van der Waals surface area contributed by atoms with Crippen molar-refractivity contribution in [1.29, 1.82) is 0 Å². The Balaban J connectivity index is 1.97. The van der Waals surface area contributed by atoms with Gasteiger partial charge in [0.1, 0.15) is 11.9 Å². The van der Waals surface area contributed by atoms with Gasteiger partial charge in [-0.3, -0.25) is 9.59 Å². The van der Waals surface area contributed by atoms with Crippen LogP contribution in [0, 0.1) is 0 Å². The van der Waals surface area contributed by atoms with E-state index < -0.39 is 23.2 Å². The van der Waals surface area contributed by atoms with Crippen molar-refractivity contribution in [2.24, 2.45) is 0 Å². The fourth-order valence-corrected chi connectivity index (χ4v) is 3.16. The fourth-order valence-electron chi connectivity index (χ4n) is 2.11. The van der Waals surface area contributed by atoms with E-state index in [0.29, 0.717) is 5.75 Å². The molecule has 1 atom stereocenters. The molecule has 0 N–H and O–H groups in total. The van der Waals surface area contributed by atoms with E-state index in [4.69, 9.17) is 9.47 Å². The molecule has 2 rings (SSSR count). The molecule has 0 unspecified atom stereocenters. The summed E-state index contributed by atoms with van der Waals surface area (Å²) in [5, 5.41) is -0.643. The van der Waals surface area contributed by atoms with Crippen LogP contribution in [0.25, 0.3) is 0 Å². The number of benzene rings is 1. The Bertz CT molecular complexity index is 563. The van der Waals surface area contributed by atoms with Crippen LogP contribution in [0.3, 0.4) is 0 Å². The van der Waals surface area contributed by atoms with Gasteiger partial charge < -0.3 is 9.47 Å². The molecule has 6 nitrogen and oxygen atoms in total. The van der Waals surface area contributed by atoms with Gasteiger partial charge in [0.15, 0.2) is 0 Å². The lowest BCUT2D eigenvalue weighted by Crippen LogP contribution is -2.35. The maximum absolute atomic E-state index is 12.2. The lowest BCUT2D eigenvalue weighted by molar-refractivity contribution is -0.144. The third-order valence-electron chi connectivity index (χ3n) is 3.27. The zero-order chi connectivity index (χ0) is 16.7. The van der Waals surface area contributed by atoms with Gasteiger partial charge in [-0.15, -0.1) is 11.8 Å². The maximum Gasteiger partial charge on any atom is 0.416 e. The van der Waals surface area contributed by atoms with E-state index >= 15 is 0 Å². The number of hydrogen-bond acceptors (Lipinski definition) is 6. The van der Waals surface area contributed by atoms with Crippen LogP contribution in [0.2, 0.25) is 0 Å². The van der Waals surface area contributed by atoms with Crippen LogP contribution in [-0.2, 0) is 24.8 Å². The van der Waals surface area contributed by atoms with E-state index in [-0.39, 0.29) is 26.2 Å². The molecule has 124 valence electrons. The molecule has 1 aromatic rings. The number of imide groups is 1. The van der Waals surface area contributed by atoms with Crippen LogP contribution in [0.1, 0.15) is 18.9 Å². The van der Waals surface area contributed by atoms with Gasteiger partial charge in [-0.05, 0) is 12.5 Å². The van der Waals surface area contributed by atoms with Gasteiger partial charge >= 0.3 is 12.1 Å². The van der Waals surface area contributed by atoms with Gasteiger partial charge in [0.05, 0.1) is 13.2 Å². The highest BCUT2D eigenvalue weighted by molar-refractivity contribution is 7.99. The van der Waals surface area contributed by atoms with Crippen molar-refractivity contribution in [3.8, 4) is 0 Å². The van der Waals surface area contributed by atoms with Crippen molar-refractivity contribution < 1.29 is 23.9 Å². The topological polar surface area (TPSA) is 72.9 Å². The molecule has 1 aromatic carbocycles. The summed E-state index contributed by atoms with van der Waals surface area (Å²) in [6.45, 7) is 2.40. The summed E-state index contributed by atoms with van der Waals surface area (Å²) in [6, 6.07) is 9.66. The number of rotatable bonds is 7. The molecule has 0 bridgehead atoms. The van der Waals surface area contributed by atoms with Crippen LogP contribution >= 0.6 is 11.8 Å². The second kappa shape index (κ2) is 8.57. The number of carbonyl (C=O) groups is 3. The van der Waals surface area contributed by atoms with E-state index in [0.717, 1.165) is 10.5 Å². The van der Waals surface area contributed by atoms with Crippen LogP contribution in [0.5, 0.6) is 0 Å². The quantitative estimate of drug-likeness (QED) is 0.710. The number of thioether (sulfide) groups is 1. The molecule has 1 fully saturated rings. The minimum atomic E-state index is -0.648. The molecule has 23 heavy (non-hydrogen) atoms. The van der Waals surface area contributed by atoms with E-state index in [1.165, 1.54) is 11.8 Å². The molecular formula is C16H19NO5S. The smallest absolute Gasteiger partial charge is 0.416 e. The number of carbonyl (C=O) groups excluding carboxylic acids is 3. The number of amides is 2. The molecule has 0 aliphatic carbocycles. The van der Waals surface area contributed by atoms with Crippen molar-refractivity contribution in [3.05, 3.63) is 35.9 Å². The summed E-state index contributed by atoms with van der Waals surface area (Å²) in [4.78, 5) is 36.7. The monoisotopic (exact) mass is 337 g/mol. The van der Waals surface area contributed by atoms with Gasteiger partial charge in [-0.25, -0.2) is 9.69 Å². The first kappa shape index (κ1) is 17.3.